The molecule has 2 aliphatic rings. The summed E-state index contributed by atoms with van der Waals surface area (Å²) in [6.07, 6.45) is 1.69. The van der Waals surface area contributed by atoms with E-state index in [-0.39, 0.29) is 23.2 Å². The number of nitrogens with one attached hydrogen (secondary N) is 3. The highest BCUT2D eigenvalue weighted by molar-refractivity contribution is 6.00. The summed E-state index contributed by atoms with van der Waals surface area (Å²) < 4.78 is 0. The van der Waals surface area contributed by atoms with Gasteiger partial charge in [0.25, 0.3) is 5.91 Å². The molecule has 3 amide bonds. The second-order valence-corrected chi connectivity index (χ2v) is 5.55. The minimum absolute atomic E-state index is 0.0107. The van der Waals surface area contributed by atoms with E-state index < -0.39 is 11.9 Å². The summed E-state index contributed by atoms with van der Waals surface area (Å²) in [6.45, 7) is 5.50. The third-order valence-corrected chi connectivity index (χ3v) is 3.94. The maximum Gasteiger partial charge on any atom is 0.324 e. The molecule has 0 spiro atoms. The Bertz CT molecular complexity index is 721. The van der Waals surface area contributed by atoms with E-state index in [0.29, 0.717) is 0 Å². The van der Waals surface area contributed by atoms with Crippen LogP contribution >= 0.6 is 0 Å². The minimum Gasteiger partial charge on any atom is -0.504 e. The van der Waals surface area contributed by atoms with Gasteiger partial charge in [-0.3, -0.25) is 10.1 Å². The predicted molar refractivity (Wildman–Crippen MR) is 80.8 cm³/mol. The molecule has 6 heteroatoms. The van der Waals surface area contributed by atoms with Crippen molar-refractivity contribution in [2.24, 2.45) is 0 Å². The largest absolute Gasteiger partial charge is 0.504 e. The van der Waals surface area contributed by atoms with Crippen LogP contribution in [-0.4, -0.2) is 17.0 Å². The van der Waals surface area contributed by atoms with Crippen LogP contribution in [0.2, 0.25) is 0 Å². The summed E-state index contributed by atoms with van der Waals surface area (Å²) in [5.41, 5.74) is 3.28. The third kappa shape index (κ3) is 2.43. The van der Waals surface area contributed by atoms with Crippen LogP contribution in [0.15, 0.2) is 41.9 Å². The average molecular weight is 299 g/mol. The van der Waals surface area contributed by atoms with E-state index in [1.165, 1.54) is 5.56 Å². The van der Waals surface area contributed by atoms with E-state index in [4.69, 9.17) is 0 Å². The highest BCUT2D eigenvalue weighted by atomic mass is 16.3. The van der Waals surface area contributed by atoms with Crippen LogP contribution in [0.3, 0.4) is 0 Å². The maximum absolute atomic E-state index is 12.3. The molecule has 1 atom stereocenters. The molecule has 0 fully saturated rings. The van der Waals surface area contributed by atoms with Gasteiger partial charge in [-0.15, -0.1) is 0 Å². The number of fused-ring (bicyclic) bond motifs is 1. The van der Waals surface area contributed by atoms with E-state index in [1.54, 1.807) is 0 Å². The number of carbonyl (C=O) groups excluding carboxylic acids is 2. The van der Waals surface area contributed by atoms with Gasteiger partial charge in [0.1, 0.15) is 0 Å². The second kappa shape index (κ2) is 5.22. The van der Waals surface area contributed by atoms with Crippen molar-refractivity contribution in [3.63, 3.8) is 0 Å². The van der Waals surface area contributed by atoms with E-state index in [1.807, 2.05) is 6.92 Å². The lowest BCUT2D eigenvalue weighted by Crippen LogP contribution is -2.45. The zero-order valence-corrected chi connectivity index (χ0v) is 12.2. The van der Waals surface area contributed by atoms with Crippen LogP contribution in [0, 0.1) is 6.92 Å². The Labute approximate surface area is 127 Å². The highest BCUT2D eigenvalue weighted by Gasteiger charge is 2.29. The molecule has 0 aromatic heterocycles. The summed E-state index contributed by atoms with van der Waals surface area (Å²) in [4.78, 5) is 23.7. The molecule has 3 rings (SSSR count). The monoisotopic (exact) mass is 299 g/mol. The molecule has 0 bridgehead atoms. The Morgan fingerprint density at radius 3 is 2.95 bits per heavy atom. The Balaban J connectivity index is 1.82. The van der Waals surface area contributed by atoms with Gasteiger partial charge in [-0.1, -0.05) is 30.3 Å². The first-order valence-electron chi connectivity index (χ1n) is 7.06. The zero-order chi connectivity index (χ0) is 15.9. The van der Waals surface area contributed by atoms with Crippen molar-refractivity contribution in [3.05, 3.63) is 58.6 Å². The third-order valence-electron chi connectivity index (χ3n) is 3.94. The van der Waals surface area contributed by atoms with Crippen molar-refractivity contribution in [3.8, 4) is 0 Å². The first kappa shape index (κ1) is 14.2. The van der Waals surface area contributed by atoms with Crippen molar-refractivity contribution in [2.45, 2.75) is 25.8 Å². The molecule has 6 nitrogen and oxygen atoms in total. The van der Waals surface area contributed by atoms with Crippen LogP contribution < -0.4 is 16.0 Å². The van der Waals surface area contributed by atoms with Crippen molar-refractivity contribution >= 4 is 11.9 Å². The number of benzene rings is 1. The number of aliphatic hydroxyl groups excluding tert-OH is 1. The van der Waals surface area contributed by atoms with E-state index in [2.05, 4.69) is 40.7 Å². The Morgan fingerprint density at radius 1 is 1.41 bits per heavy atom. The van der Waals surface area contributed by atoms with Gasteiger partial charge < -0.3 is 15.7 Å². The van der Waals surface area contributed by atoms with E-state index >= 15 is 0 Å². The SMILES string of the molecule is C=C1NC(=O)NC(C(=O)N[C@@H]2CCc3ccc(C)cc32)=C1O. The van der Waals surface area contributed by atoms with Crippen LogP contribution in [0.1, 0.15) is 29.2 Å². The van der Waals surface area contributed by atoms with Crippen molar-refractivity contribution < 1.29 is 14.7 Å². The topological polar surface area (TPSA) is 90.5 Å². The van der Waals surface area contributed by atoms with E-state index in [0.717, 1.165) is 24.0 Å². The first-order valence-corrected chi connectivity index (χ1v) is 7.06. The van der Waals surface area contributed by atoms with Gasteiger partial charge in [0.05, 0.1) is 11.7 Å². The fraction of sp³-hybridized carbons (Fsp3) is 0.250. The highest BCUT2D eigenvalue weighted by Crippen LogP contribution is 2.32. The lowest BCUT2D eigenvalue weighted by molar-refractivity contribution is -0.118. The molecule has 1 heterocycles. The molecular formula is C16H17N3O3. The molecule has 0 saturated heterocycles. The second-order valence-electron chi connectivity index (χ2n) is 5.55. The standard InChI is InChI=1S/C16H17N3O3/c1-8-3-4-10-5-6-12(11(10)7-8)18-15(21)13-14(20)9(2)17-16(22)19-13/h3-4,7,12,20H,2,5-6H2,1H3,(H,18,21)(H2,17,19,22)/t12-/m1/s1. The van der Waals surface area contributed by atoms with Crippen molar-refractivity contribution in [2.75, 3.05) is 0 Å². The summed E-state index contributed by atoms with van der Waals surface area (Å²) in [6, 6.07) is 5.47. The smallest absolute Gasteiger partial charge is 0.324 e. The van der Waals surface area contributed by atoms with Gasteiger partial charge in [0.2, 0.25) is 0 Å². The van der Waals surface area contributed by atoms with Gasteiger partial charge in [0, 0.05) is 0 Å². The number of rotatable bonds is 2. The summed E-state index contributed by atoms with van der Waals surface area (Å²) in [5.74, 6) is -0.868. The fourth-order valence-corrected chi connectivity index (χ4v) is 2.82. The molecule has 0 saturated carbocycles. The van der Waals surface area contributed by atoms with Crippen LogP contribution in [0.5, 0.6) is 0 Å². The van der Waals surface area contributed by atoms with Gasteiger partial charge in [-0.2, -0.15) is 0 Å². The molecule has 22 heavy (non-hydrogen) atoms. The molecule has 1 aliphatic heterocycles. The van der Waals surface area contributed by atoms with E-state index in [9.17, 15) is 14.7 Å². The maximum atomic E-state index is 12.3. The lowest BCUT2D eigenvalue weighted by atomic mass is 10.0. The number of amides is 3. The molecule has 1 aromatic carbocycles. The summed E-state index contributed by atoms with van der Waals surface area (Å²) in [7, 11) is 0. The molecule has 0 unspecified atom stereocenters. The van der Waals surface area contributed by atoms with Crippen LogP contribution in [0.25, 0.3) is 0 Å². The summed E-state index contributed by atoms with van der Waals surface area (Å²) >= 11 is 0. The van der Waals surface area contributed by atoms with Gasteiger partial charge in [-0.05, 0) is 30.9 Å². The number of carbonyl (C=O) groups is 2. The average Bonchev–Trinajstić information content (AvgIpc) is 2.85. The Hall–Kier alpha value is -2.76. The molecule has 1 aliphatic carbocycles. The first-order chi connectivity index (χ1) is 10.5. The Morgan fingerprint density at radius 2 is 2.18 bits per heavy atom. The quantitative estimate of drug-likeness (QED) is 0.670. The lowest BCUT2D eigenvalue weighted by Gasteiger charge is -2.21. The molecule has 114 valence electrons. The molecular weight excluding hydrogens is 282 g/mol. The predicted octanol–water partition coefficient (Wildman–Crippen LogP) is 1.69. The number of hydrogen-bond acceptors (Lipinski definition) is 3. The van der Waals surface area contributed by atoms with Gasteiger partial charge >= 0.3 is 6.03 Å². The van der Waals surface area contributed by atoms with Gasteiger partial charge in [-0.25, -0.2) is 4.79 Å². The van der Waals surface area contributed by atoms with Crippen molar-refractivity contribution in [1.82, 2.24) is 16.0 Å². The minimum atomic E-state index is -0.587. The summed E-state index contributed by atoms with van der Waals surface area (Å²) in [5, 5.41) is 17.4. The Kier molecular flexibility index (Phi) is 3.36. The number of aliphatic hydroxyl groups is 1. The molecule has 4 N–H and O–H groups in total. The van der Waals surface area contributed by atoms with Gasteiger partial charge in [0.15, 0.2) is 11.5 Å². The number of aryl methyl sites for hydroxylation is 2. The van der Waals surface area contributed by atoms with Crippen LogP contribution in [-0.2, 0) is 11.2 Å². The van der Waals surface area contributed by atoms with Crippen molar-refractivity contribution in [1.29, 1.82) is 0 Å². The molecule has 0 radical (unpaired) electrons. The van der Waals surface area contributed by atoms with Crippen LogP contribution in [0.4, 0.5) is 4.79 Å². The number of hydrogen-bond donors (Lipinski definition) is 4. The zero-order valence-electron chi connectivity index (χ0n) is 12.2. The fourth-order valence-electron chi connectivity index (χ4n) is 2.82. The number of urea groups is 1. The normalized spacial score (nSPS) is 20.3. The molecule has 1 aromatic rings.